The van der Waals surface area contributed by atoms with E-state index in [1.54, 1.807) is 11.4 Å². The van der Waals surface area contributed by atoms with Crippen LogP contribution < -0.4 is 10.4 Å². The third-order valence-corrected chi connectivity index (χ3v) is 4.88. The summed E-state index contributed by atoms with van der Waals surface area (Å²) >= 11 is 0. The first-order chi connectivity index (χ1) is 12.3. The lowest BCUT2D eigenvalue weighted by Crippen LogP contribution is -2.95. The fourth-order valence-electron chi connectivity index (χ4n) is 3.67. The first-order valence-corrected chi connectivity index (χ1v) is 8.17. The number of fused-ring (bicyclic) bond motifs is 3. The normalized spacial score (nSPS) is 20.1. The Morgan fingerprint density at radius 1 is 1.15 bits per heavy atom. The highest BCUT2D eigenvalue weighted by Gasteiger charge is 2.36. The summed E-state index contributed by atoms with van der Waals surface area (Å²) in [5, 5.41) is 13.9. The van der Waals surface area contributed by atoms with E-state index in [4.69, 9.17) is 0 Å². The second kappa shape index (κ2) is 5.88. The number of carbonyl (C=O) groups excluding carboxylic acids is 1. The van der Waals surface area contributed by atoms with Crippen LogP contribution in [0.1, 0.15) is 28.4 Å². The molecule has 0 bridgehead atoms. The molecule has 4 nitrogen and oxygen atoms in total. The molecule has 26 heavy (non-hydrogen) atoms. The highest BCUT2D eigenvalue weighted by molar-refractivity contribution is 5.86. The van der Waals surface area contributed by atoms with Gasteiger partial charge in [-0.25, -0.2) is 0 Å². The molecule has 0 aliphatic carbocycles. The summed E-state index contributed by atoms with van der Waals surface area (Å²) in [7, 11) is 0. The molecular weight excluding hydrogens is 345 g/mol. The van der Waals surface area contributed by atoms with Crippen molar-refractivity contribution in [3.8, 4) is 0 Å². The average Bonchev–Trinajstić information content (AvgIpc) is 2.99. The molecular formula is C19H15F3N2O2. The van der Waals surface area contributed by atoms with E-state index in [1.807, 2.05) is 24.3 Å². The van der Waals surface area contributed by atoms with E-state index in [1.165, 1.54) is 6.07 Å². The van der Waals surface area contributed by atoms with E-state index >= 15 is 0 Å². The summed E-state index contributed by atoms with van der Waals surface area (Å²) in [6.45, 7) is 0. The molecule has 1 aromatic heterocycles. The van der Waals surface area contributed by atoms with Crippen LogP contribution in [0.2, 0.25) is 0 Å². The Balaban J connectivity index is 1.88. The molecule has 1 aliphatic heterocycles. The van der Waals surface area contributed by atoms with E-state index < -0.39 is 29.8 Å². The standard InChI is InChI=1S/C19H15F3N2O2/c20-19(21,22)11-5-3-4-10(8-11)16-17-13(9-15(24-16)18(25)26)12-6-1-2-7-14(12)23-17/h1-8,15-16,23-24H,9H2,(H,25,26)/t15-,16+/m1/s1. The van der Waals surface area contributed by atoms with Crippen LogP contribution in [0.4, 0.5) is 13.2 Å². The molecule has 7 heteroatoms. The number of quaternary nitrogens is 1. The summed E-state index contributed by atoms with van der Waals surface area (Å²) in [4.78, 5) is 14.7. The second-order valence-electron chi connectivity index (χ2n) is 6.49. The molecule has 0 saturated heterocycles. The molecule has 0 fully saturated rings. The fourth-order valence-corrected chi connectivity index (χ4v) is 3.67. The van der Waals surface area contributed by atoms with E-state index in [-0.39, 0.29) is 6.42 Å². The van der Waals surface area contributed by atoms with Gasteiger partial charge in [0.2, 0.25) is 0 Å². The lowest BCUT2D eigenvalue weighted by Gasteiger charge is -2.29. The molecule has 2 aromatic carbocycles. The summed E-state index contributed by atoms with van der Waals surface area (Å²) in [6.07, 6.45) is -4.20. The lowest BCUT2D eigenvalue weighted by atomic mass is 9.90. The molecule has 0 spiro atoms. The van der Waals surface area contributed by atoms with Crippen LogP contribution in [0.15, 0.2) is 48.5 Å². The minimum Gasteiger partial charge on any atom is -0.544 e. The number of hydrogen-bond acceptors (Lipinski definition) is 2. The zero-order chi connectivity index (χ0) is 18.5. The molecule has 3 N–H and O–H groups in total. The molecule has 4 rings (SSSR count). The number of nitrogens with two attached hydrogens (primary N) is 1. The van der Waals surface area contributed by atoms with E-state index in [2.05, 4.69) is 4.98 Å². The fraction of sp³-hybridized carbons (Fsp3) is 0.211. The van der Waals surface area contributed by atoms with E-state index in [0.717, 1.165) is 34.3 Å². The number of carboxylic acid groups (broad SMARTS) is 1. The van der Waals surface area contributed by atoms with E-state index in [9.17, 15) is 23.1 Å². The number of halogens is 3. The number of H-pyrrole nitrogens is 1. The van der Waals surface area contributed by atoms with Crippen LogP contribution in [0.25, 0.3) is 10.9 Å². The maximum absolute atomic E-state index is 13.1. The zero-order valence-electron chi connectivity index (χ0n) is 13.5. The Hall–Kier alpha value is -2.80. The first kappa shape index (κ1) is 16.7. The Bertz CT molecular complexity index is 994. The van der Waals surface area contributed by atoms with Gasteiger partial charge < -0.3 is 20.2 Å². The average molecular weight is 360 g/mol. The van der Waals surface area contributed by atoms with Crippen molar-refractivity contribution < 1.29 is 28.4 Å². The largest absolute Gasteiger partial charge is 0.544 e. The molecule has 2 heterocycles. The second-order valence-corrected chi connectivity index (χ2v) is 6.49. The number of aromatic amines is 1. The highest BCUT2D eigenvalue weighted by atomic mass is 19.4. The number of aromatic nitrogens is 1. The molecule has 0 amide bonds. The van der Waals surface area contributed by atoms with E-state index in [0.29, 0.717) is 5.56 Å². The number of benzene rings is 2. The van der Waals surface area contributed by atoms with Crippen LogP contribution in [-0.4, -0.2) is 17.0 Å². The van der Waals surface area contributed by atoms with Gasteiger partial charge in [-0.2, -0.15) is 13.2 Å². The molecule has 1 aliphatic rings. The summed E-state index contributed by atoms with van der Waals surface area (Å²) in [5.41, 5.74) is 2.04. The number of carboxylic acids is 1. The smallest absolute Gasteiger partial charge is 0.416 e. The number of hydrogen-bond donors (Lipinski definition) is 2. The predicted octanol–water partition coefficient (Wildman–Crippen LogP) is 1.51. The van der Waals surface area contributed by atoms with Gasteiger partial charge in [0.1, 0.15) is 6.04 Å². The Morgan fingerprint density at radius 2 is 1.92 bits per heavy atom. The minimum absolute atomic E-state index is 0.261. The Labute approximate surface area is 146 Å². The van der Waals surface area contributed by atoms with Gasteiger partial charge in [-0.1, -0.05) is 30.3 Å². The Kier molecular flexibility index (Phi) is 3.77. The van der Waals surface area contributed by atoms with Crippen LogP contribution >= 0.6 is 0 Å². The van der Waals surface area contributed by atoms with Crippen molar-refractivity contribution in [1.82, 2.24) is 4.98 Å². The number of aliphatic carboxylic acids is 1. The molecule has 0 radical (unpaired) electrons. The molecule has 3 aromatic rings. The maximum Gasteiger partial charge on any atom is 0.416 e. The van der Waals surface area contributed by atoms with Gasteiger partial charge >= 0.3 is 6.18 Å². The zero-order valence-corrected chi connectivity index (χ0v) is 13.5. The topological polar surface area (TPSA) is 72.5 Å². The van der Waals surface area contributed by atoms with Crippen LogP contribution in [-0.2, 0) is 17.4 Å². The van der Waals surface area contributed by atoms with Crippen molar-refractivity contribution in [1.29, 1.82) is 0 Å². The van der Waals surface area contributed by atoms with Crippen molar-refractivity contribution in [3.63, 3.8) is 0 Å². The van der Waals surface area contributed by atoms with Crippen molar-refractivity contribution in [2.24, 2.45) is 0 Å². The molecule has 2 atom stereocenters. The van der Waals surface area contributed by atoms with Gasteiger partial charge in [-0.05, 0) is 23.8 Å². The van der Waals surface area contributed by atoms with Crippen LogP contribution in [0.3, 0.4) is 0 Å². The molecule has 0 unspecified atom stereocenters. The van der Waals surface area contributed by atoms with Crippen LogP contribution in [0.5, 0.6) is 0 Å². The SMILES string of the molecule is O=C([O-])[C@H]1Cc2c([nH]c3ccccc23)[C@H](c2cccc(C(F)(F)F)c2)[NH2+]1. The number of para-hydroxylation sites is 1. The Morgan fingerprint density at radius 3 is 2.65 bits per heavy atom. The number of alkyl halides is 3. The quantitative estimate of drug-likeness (QED) is 0.727. The minimum atomic E-state index is -4.46. The number of rotatable bonds is 2. The van der Waals surface area contributed by atoms with Gasteiger partial charge in [-0.15, -0.1) is 0 Å². The van der Waals surface area contributed by atoms with Crippen LogP contribution in [0, 0.1) is 0 Å². The number of nitrogens with one attached hydrogen (secondary N) is 1. The predicted molar refractivity (Wildman–Crippen MR) is 86.0 cm³/mol. The summed E-state index contributed by atoms with van der Waals surface area (Å²) < 4.78 is 39.2. The summed E-state index contributed by atoms with van der Waals surface area (Å²) in [5.74, 6) is -1.22. The van der Waals surface area contributed by atoms with Gasteiger partial charge in [-0.3, -0.25) is 0 Å². The van der Waals surface area contributed by atoms with Crippen molar-refractivity contribution in [2.75, 3.05) is 0 Å². The molecule has 0 saturated carbocycles. The van der Waals surface area contributed by atoms with Gasteiger partial charge in [0, 0.05) is 22.9 Å². The van der Waals surface area contributed by atoms with Crippen molar-refractivity contribution in [3.05, 3.63) is 70.9 Å². The lowest BCUT2D eigenvalue weighted by molar-refractivity contribution is -0.717. The third kappa shape index (κ3) is 2.74. The third-order valence-electron chi connectivity index (χ3n) is 4.88. The van der Waals surface area contributed by atoms with Gasteiger partial charge in [0.25, 0.3) is 0 Å². The summed E-state index contributed by atoms with van der Waals surface area (Å²) in [6, 6.07) is 11.0. The van der Waals surface area contributed by atoms with Crippen molar-refractivity contribution in [2.45, 2.75) is 24.7 Å². The maximum atomic E-state index is 13.1. The highest BCUT2D eigenvalue weighted by Crippen LogP contribution is 2.34. The molecule has 134 valence electrons. The van der Waals surface area contributed by atoms with Crippen molar-refractivity contribution >= 4 is 16.9 Å². The monoisotopic (exact) mass is 360 g/mol. The first-order valence-electron chi connectivity index (χ1n) is 8.17. The number of carbonyl (C=O) groups is 1. The van der Waals surface area contributed by atoms with Gasteiger partial charge in [0.05, 0.1) is 17.2 Å². The van der Waals surface area contributed by atoms with Gasteiger partial charge in [0.15, 0.2) is 6.04 Å².